The van der Waals surface area contributed by atoms with Crippen LogP contribution in [0.4, 0.5) is 0 Å². The van der Waals surface area contributed by atoms with Crippen molar-refractivity contribution in [3.05, 3.63) is 57.8 Å². The van der Waals surface area contributed by atoms with E-state index in [4.69, 9.17) is 5.11 Å². The molecule has 19 heavy (non-hydrogen) atoms. The van der Waals surface area contributed by atoms with E-state index in [1.807, 2.05) is 16.8 Å². The highest BCUT2D eigenvalue weighted by molar-refractivity contribution is 7.07. The van der Waals surface area contributed by atoms with Crippen molar-refractivity contribution in [1.82, 2.24) is 4.90 Å². The Kier molecular flexibility index (Phi) is 3.97. The Morgan fingerprint density at radius 3 is 2.32 bits per heavy atom. The van der Waals surface area contributed by atoms with Gasteiger partial charge in [0, 0.05) is 19.2 Å². The van der Waals surface area contributed by atoms with E-state index in [9.17, 15) is 9.59 Å². The number of carbonyl (C=O) groups is 2. The molecule has 1 heterocycles. The Hall–Kier alpha value is -2.14. The monoisotopic (exact) mass is 275 g/mol. The number of carbonyl (C=O) groups excluding carboxylic acids is 1. The summed E-state index contributed by atoms with van der Waals surface area (Å²) in [5.41, 5.74) is 1.75. The third kappa shape index (κ3) is 3.20. The van der Waals surface area contributed by atoms with Gasteiger partial charge in [-0.2, -0.15) is 11.3 Å². The molecule has 1 aromatic carbocycles. The van der Waals surface area contributed by atoms with Crippen LogP contribution in [0.1, 0.15) is 26.3 Å². The van der Waals surface area contributed by atoms with Gasteiger partial charge in [0.2, 0.25) is 0 Å². The maximum atomic E-state index is 12.1. The van der Waals surface area contributed by atoms with Crippen LogP contribution in [0, 0.1) is 0 Å². The average Bonchev–Trinajstić information content (AvgIpc) is 2.90. The lowest BCUT2D eigenvalue weighted by Gasteiger charge is -2.16. The molecule has 0 aliphatic carbocycles. The third-order valence-electron chi connectivity index (χ3n) is 2.73. The molecule has 0 radical (unpaired) electrons. The van der Waals surface area contributed by atoms with Gasteiger partial charge >= 0.3 is 5.97 Å². The Balaban J connectivity index is 2.08. The second-order valence-corrected chi connectivity index (χ2v) is 4.96. The van der Waals surface area contributed by atoms with Gasteiger partial charge in [-0.3, -0.25) is 4.79 Å². The maximum Gasteiger partial charge on any atom is 0.335 e. The summed E-state index contributed by atoms with van der Waals surface area (Å²) >= 11 is 1.59. The van der Waals surface area contributed by atoms with E-state index in [0.717, 1.165) is 5.56 Å². The molecule has 1 aromatic heterocycles. The summed E-state index contributed by atoms with van der Waals surface area (Å²) in [7, 11) is 1.73. The molecule has 0 bridgehead atoms. The van der Waals surface area contributed by atoms with Crippen molar-refractivity contribution in [1.29, 1.82) is 0 Å². The van der Waals surface area contributed by atoms with Crippen LogP contribution in [-0.4, -0.2) is 28.9 Å². The number of aromatic carboxylic acids is 1. The molecule has 0 aliphatic heterocycles. The van der Waals surface area contributed by atoms with Crippen LogP contribution < -0.4 is 0 Å². The molecular weight excluding hydrogens is 262 g/mol. The molecule has 4 nitrogen and oxygen atoms in total. The fraction of sp³-hybridized carbons (Fsp3) is 0.143. The first kappa shape index (κ1) is 13.3. The molecule has 2 rings (SSSR count). The SMILES string of the molecule is CN(Cc1ccsc1)C(=O)c1ccc(C(=O)O)cc1. The molecule has 0 aliphatic rings. The van der Waals surface area contributed by atoms with E-state index >= 15 is 0 Å². The van der Waals surface area contributed by atoms with Crippen LogP contribution in [0.5, 0.6) is 0 Å². The number of benzene rings is 1. The lowest BCUT2D eigenvalue weighted by molar-refractivity contribution is 0.0695. The standard InChI is InChI=1S/C14H13NO3S/c1-15(8-10-6-7-19-9-10)13(16)11-2-4-12(5-3-11)14(17)18/h2-7,9H,8H2,1H3,(H,17,18). The fourth-order valence-electron chi connectivity index (χ4n) is 1.70. The zero-order valence-corrected chi connectivity index (χ0v) is 11.2. The van der Waals surface area contributed by atoms with Gasteiger partial charge in [-0.1, -0.05) is 0 Å². The van der Waals surface area contributed by atoms with Gasteiger partial charge < -0.3 is 10.0 Å². The van der Waals surface area contributed by atoms with Crippen molar-refractivity contribution >= 4 is 23.2 Å². The minimum Gasteiger partial charge on any atom is -0.478 e. The maximum absolute atomic E-state index is 12.1. The highest BCUT2D eigenvalue weighted by Gasteiger charge is 2.13. The van der Waals surface area contributed by atoms with Crippen LogP contribution in [0.25, 0.3) is 0 Å². The van der Waals surface area contributed by atoms with Crippen molar-refractivity contribution in [2.24, 2.45) is 0 Å². The van der Waals surface area contributed by atoms with Gasteiger partial charge in [-0.05, 0) is 46.7 Å². The van der Waals surface area contributed by atoms with E-state index in [0.29, 0.717) is 12.1 Å². The third-order valence-corrected chi connectivity index (χ3v) is 3.46. The van der Waals surface area contributed by atoms with Gasteiger partial charge in [0.1, 0.15) is 0 Å². The minimum atomic E-state index is -0.995. The van der Waals surface area contributed by atoms with Crippen molar-refractivity contribution in [2.75, 3.05) is 7.05 Å². The molecule has 1 N–H and O–H groups in total. The number of hydrogen-bond acceptors (Lipinski definition) is 3. The van der Waals surface area contributed by atoms with Crippen LogP contribution in [-0.2, 0) is 6.54 Å². The zero-order chi connectivity index (χ0) is 13.8. The summed E-state index contributed by atoms with van der Waals surface area (Å²) < 4.78 is 0. The number of carboxylic acids is 1. The first-order valence-electron chi connectivity index (χ1n) is 5.68. The number of carboxylic acid groups (broad SMARTS) is 1. The highest BCUT2D eigenvalue weighted by Crippen LogP contribution is 2.12. The predicted octanol–water partition coefficient (Wildman–Crippen LogP) is 2.72. The van der Waals surface area contributed by atoms with E-state index in [1.54, 1.807) is 23.3 Å². The summed E-state index contributed by atoms with van der Waals surface area (Å²) in [5, 5.41) is 12.8. The second-order valence-electron chi connectivity index (χ2n) is 4.18. The molecule has 0 saturated carbocycles. The van der Waals surface area contributed by atoms with Crippen LogP contribution in [0.2, 0.25) is 0 Å². The van der Waals surface area contributed by atoms with Gasteiger partial charge in [0.25, 0.3) is 5.91 Å². The zero-order valence-electron chi connectivity index (χ0n) is 10.4. The first-order valence-corrected chi connectivity index (χ1v) is 6.62. The molecule has 1 amide bonds. The number of thiophene rings is 1. The molecule has 0 atom stereocenters. The lowest BCUT2D eigenvalue weighted by Crippen LogP contribution is -2.25. The average molecular weight is 275 g/mol. The first-order chi connectivity index (χ1) is 9.08. The summed E-state index contributed by atoms with van der Waals surface area (Å²) in [6.45, 7) is 0.545. The fourth-order valence-corrected chi connectivity index (χ4v) is 2.36. The molecule has 5 heteroatoms. The van der Waals surface area contributed by atoms with Crippen molar-refractivity contribution < 1.29 is 14.7 Å². The molecule has 0 saturated heterocycles. The summed E-state index contributed by atoms with van der Waals surface area (Å²) in [5.74, 6) is -1.12. The van der Waals surface area contributed by atoms with Gasteiger partial charge in [-0.15, -0.1) is 0 Å². The van der Waals surface area contributed by atoms with E-state index in [2.05, 4.69) is 0 Å². The minimum absolute atomic E-state index is 0.122. The smallest absolute Gasteiger partial charge is 0.335 e. The molecule has 0 spiro atoms. The van der Waals surface area contributed by atoms with Crippen LogP contribution in [0.3, 0.4) is 0 Å². The molecular formula is C14H13NO3S. The molecule has 0 fully saturated rings. The van der Waals surface area contributed by atoms with Crippen molar-refractivity contribution in [3.63, 3.8) is 0 Å². The Morgan fingerprint density at radius 1 is 1.16 bits per heavy atom. The summed E-state index contributed by atoms with van der Waals surface area (Å²) in [6.07, 6.45) is 0. The van der Waals surface area contributed by atoms with E-state index in [-0.39, 0.29) is 11.5 Å². The Bertz CT molecular complexity index is 575. The summed E-state index contributed by atoms with van der Waals surface area (Å²) in [4.78, 5) is 24.5. The topological polar surface area (TPSA) is 57.6 Å². The highest BCUT2D eigenvalue weighted by atomic mass is 32.1. The Labute approximate surface area is 114 Å². The van der Waals surface area contributed by atoms with Gasteiger partial charge in [0.05, 0.1) is 5.56 Å². The molecule has 2 aromatic rings. The Morgan fingerprint density at radius 2 is 1.79 bits per heavy atom. The van der Waals surface area contributed by atoms with Crippen LogP contribution in [0.15, 0.2) is 41.1 Å². The lowest BCUT2D eigenvalue weighted by atomic mass is 10.1. The number of nitrogens with zero attached hydrogens (tertiary/aromatic N) is 1. The predicted molar refractivity (Wildman–Crippen MR) is 73.5 cm³/mol. The van der Waals surface area contributed by atoms with E-state index in [1.165, 1.54) is 24.3 Å². The number of hydrogen-bond donors (Lipinski definition) is 1. The van der Waals surface area contributed by atoms with Crippen LogP contribution >= 0.6 is 11.3 Å². The second kappa shape index (κ2) is 5.67. The van der Waals surface area contributed by atoms with Gasteiger partial charge in [-0.25, -0.2) is 4.79 Å². The van der Waals surface area contributed by atoms with E-state index < -0.39 is 5.97 Å². The molecule has 98 valence electrons. The number of rotatable bonds is 4. The molecule has 0 unspecified atom stereocenters. The largest absolute Gasteiger partial charge is 0.478 e. The van der Waals surface area contributed by atoms with Crippen molar-refractivity contribution in [3.8, 4) is 0 Å². The quantitative estimate of drug-likeness (QED) is 0.933. The number of amides is 1. The van der Waals surface area contributed by atoms with Crippen molar-refractivity contribution in [2.45, 2.75) is 6.54 Å². The van der Waals surface area contributed by atoms with Gasteiger partial charge in [0.15, 0.2) is 0 Å². The normalized spacial score (nSPS) is 10.2. The summed E-state index contributed by atoms with van der Waals surface area (Å²) in [6, 6.07) is 7.93.